The van der Waals surface area contributed by atoms with E-state index in [4.69, 9.17) is 9.97 Å². The highest BCUT2D eigenvalue weighted by Crippen LogP contribution is 2.64. The van der Waals surface area contributed by atoms with E-state index in [9.17, 15) is 0 Å². The molecule has 8 aromatic carbocycles. The lowest BCUT2D eigenvalue weighted by Crippen LogP contribution is -2.34. The molecule has 2 atom stereocenters. The van der Waals surface area contributed by atoms with E-state index in [1.54, 1.807) is 0 Å². The van der Waals surface area contributed by atoms with Crippen LogP contribution in [0.5, 0.6) is 0 Å². The van der Waals surface area contributed by atoms with Gasteiger partial charge in [0, 0.05) is 38.9 Å². The van der Waals surface area contributed by atoms with Gasteiger partial charge in [0.05, 0.1) is 27.8 Å². The molecule has 0 bridgehead atoms. The lowest BCUT2D eigenvalue weighted by molar-refractivity contribution is 0.564. The predicted octanol–water partition coefficient (Wildman–Crippen LogP) is 14.0. The van der Waals surface area contributed by atoms with Gasteiger partial charge in [-0.25, -0.2) is 9.97 Å². The molecule has 0 amide bonds. The number of hydrogen-bond donors (Lipinski definition) is 0. The van der Waals surface area contributed by atoms with Gasteiger partial charge in [-0.2, -0.15) is 0 Å². The topological polar surface area (TPSA) is 30.7 Å². The highest BCUT2D eigenvalue weighted by atomic mass is 15.0. The Bertz CT molecular complexity index is 3390. The second kappa shape index (κ2) is 13.1. The Morgan fingerprint density at radius 3 is 2.00 bits per heavy atom. The van der Waals surface area contributed by atoms with Gasteiger partial charge in [0.1, 0.15) is 0 Å². The molecule has 3 heteroatoms. The Morgan fingerprint density at radius 2 is 1.16 bits per heavy atom. The Balaban J connectivity index is 1.06. The SMILES string of the molecule is CC1(C)c2ccccc2C(CCc2cc(-c3ccccc3)nc(-c3ccccc3)n2)c2c1ccc1c2-c2ccccc2C12c1ccccc1-n1c3ccccc3c3cccc2c31. The molecule has 3 nitrogen and oxygen atoms in total. The van der Waals surface area contributed by atoms with E-state index < -0.39 is 5.41 Å². The summed E-state index contributed by atoms with van der Waals surface area (Å²) in [6.07, 6.45) is 1.71. The van der Waals surface area contributed by atoms with Gasteiger partial charge in [0.2, 0.25) is 0 Å². The number of fused-ring (bicyclic) bond motifs is 15. The molecule has 0 fully saturated rings. The van der Waals surface area contributed by atoms with E-state index in [2.05, 4.69) is 213 Å². The maximum Gasteiger partial charge on any atom is 0.160 e. The molecule has 1 spiro atoms. The normalized spacial score (nSPS) is 17.4. The fraction of sp³-hybridized carbons (Fsp3) is 0.119. The Labute approximate surface area is 362 Å². The van der Waals surface area contributed by atoms with Crippen LogP contribution in [-0.2, 0) is 17.3 Å². The summed E-state index contributed by atoms with van der Waals surface area (Å²) < 4.78 is 2.54. The minimum atomic E-state index is -0.505. The second-order valence-corrected chi connectivity index (χ2v) is 17.9. The number of nitrogens with zero attached hydrogens (tertiary/aromatic N) is 3. The molecule has 3 heterocycles. The van der Waals surface area contributed by atoms with Crippen molar-refractivity contribution in [3.63, 3.8) is 0 Å². The predicted molar refractivity (Wildman–Crippen MR) is 253 cm³/mol. The molecule has 3 aliphatic rings. The number of aromatic nitrogens is 3. The Kier molecular flexibility index (Phi) is 7.46. The van der Waals surface area contributed by atoms with Gasteiger partial charge in [-0.15, -0.1) is 0 Å². The van der Waals surface area contributed by atoms with E-state index in [0.29, 0.717) is 0 Å². The number of benzene rings is 8. The monoisotopic (exact) mass is 793 g/mol. The van der Waals surface area contributed by atoms with Crippen molar-refractivity contribution in [1.29, 1.82) is 0 Å². The van der Waals surface area contributed by atoms with Crippen molar-refractivity contribution in [1.82, 2.24) is 14.5 Å². The first-order valence-electron chi connectivity index (χ1n) is 22.0. The van der Waals surface area contributed by atoms with Crippen LogP contribution in [0.4, 0.5) is 0 Å². The van der Waals surface area contributed by atoms with Gasteiger partial charge in [-0.1, -0.05) is 190 Å². The van der Waals surface area contributed by atoms with Crippen molar-refractivity contribution in [2.45, 2.75) is 43.4 Å². The summed E-state index contributed by atoms with van der Waals surface area (Å²) in [5.41, 5.74) is 21.2. The molecule has 294 valence electrons. The van der Waals surface area contributed by atoms with Crippen molar-refractivity contribution in [2.75, 3.05) is 0 Å². The molecule has 1 aliphatic heterocycles. The minimum absolute atomic E-state index is 0.142. The zero-order chi connectivity index (χ0) is 41.2. The van der Waals surface area contributed by atoms with Gasteiger partial charge < -0.3 is 4.57 Å². The first-order chi connectivity index (χ1) is 30.5. The van der Waals surface area contributed by atoms with Crippen molar-refractivity contribution in [3.8, 4) is 39.5 Å². The molecule has 13 rings (SSSR count). The maximum atomic E-state index is 5.30. The summed E-state index contributed by atoms with van der Waals surface area (Å²) >= 11 is 0. The van der Waals surface area contributed by atoms with Gasteiger partial charge >= 0.3 is 0 Å². The molecule has 0 saturated heterocycles. The van der Waals surface area contributed by atoms with Gasteiger partial charge in [0.25, 0.3) is 0 Å². The van der Waals surface area contributed by atoms with E-state index in [1.807, 2.05) is 0 Å². The average Bonchev–Trinajstić information content (AvgIpc) is 3.83. The second-order valence-electron chi connectivity index (χ2n) is 17.9. The fourth-order valence-corrected chi connectivity index (χ4v) is 11.9. The van der Waals surface area contributed by atoms with Crippen molar-refractivity contribution in [3.05, 3.63) is 244 Å². The highest BCUT2D eigenvalue weighted by Gasteiger charge is 2.53. The van der Waals surface area contributed by atoms with Crippen LogP contribution in [0.2, 0.25) is 0 Å². The van der Waals surface area contributed by atoms with Gasteiger partial charge in [0.15, 0.2) is 5.82 Å². The van der Waals surface area contributed by atoms with Crippen molar-refractivity contribution < 1.29 is 0 Å². The molecular weight excluding hydrogens is 751 g/mol. The van der Waals surface area contributed by atoms with Gasteiger partial charge in [-0.3, -0.25) is 0 Å². The zero-order valence-corrected chi connectivity index (χ0v) is 34.8. The van der Waals surface area contributed by atoms with E-state index >= 15 is 0 Å². The van der Waals surface area contributed by atoms with Crippen LogP contribution >= 0.6 is 0 Å². The molecular formula is C59H43N3. The molecule has 10 aromatic rings. The average molecular weight is 794 g/mol. The van der Waals surface area contributed by atoms with Crippen molar-refractivity contribution in [2.24, 2.45) is 0 Å². The molecule has 0 N–H and O–H groups in total. The summed E-state index contributed by atoms with van der Waals surface area (Å²) in [6.45, 7) is 4.86. The van der Waals surface area contributed by atoms with Crippen LogP contribution in [0.1, 0.15) is 76.4 Å². The van der Waals surface area contributed by atoms with E-state index in [1.165, 1.54) is 83.1 Å². The summed E-state index contributed by atoms with van der Waals surface area (Å²) in [4.78, 5) is 10.4. The van der Waals surface area contributed by atoms with Gasteiger partial charge in [-0.05, 0) is 86.7 Å². The molecule has 62 heavy (non-hydrogen) atoms. The van der Waals surface area contributed by atoms with E-state index in [-0.39, 0.29) is 11.3 Å². The Hall–Kier alpha value is -7.36. The van der Waals surface area contributed by atoms with Crippen LogP contribution in [0.3, 0.4) is 0 Å². The maximum absolute atomic E-state index is 5.30. The lowest BCUT2D eigenvalue weighted by Gasteiger charge is -2.42. The van der Waals surface area contributed by atoms with E-state index in [0.717, 1.165) is 41.2 Å². The third kappa shape index (κ3) is 4.71. The largest absolute Gasteiger partial charge is 0.309 e. The summed E-state index contributed by atoms with van der Waals surface area (Å²) in [7, 11) is 0. The molecule has 2 aromatic heterocycles. The first-order valence-corrected chi connectivity index (χ1v) is 22.0. The van der Waals surface area contributed by atoms with Crippen LogP contribution in [-0.4, -0.2) is 14.5 Å². The summed E-state index contributed by atoms with van der Waals surface area (Å²) in [5, 5.41) is 2.60. The van der Waals surface area contributed by atoms with Crippen molar-refractivity contribution >= 4 is 21.8 Å². The number of rotatable bonds is 5. The number of hydrogen-bond acceptors (Lipinski definition) is 2. The van der Waals surface area contributed by atoms with Crippen LogP contribution < -0.4 is 0 Å². The fourth-order valence-electron chi connectivity index (χ4n) is 11.9. The Morgan fingerprint density at radius 1 is 0.516 bits per heavy atom. The standard InChI is InChI=1S/C59H43N3/c1-58(2)45-26-12-9-22-40(45)42(33-32-39-36-51(37-18-5-3-6-19-37)61-57(60-39)38-20-7-4-8-21-38)54-48(58)34-35-49-55(54)44-24-10-13-27-46(44)59(49)47-28-14-16-31-53(47)62-52-30-15-11-23-41(52)43-25-17-29-50(59)56(43)62/h3-31,34-36,42H,32-33H2,1-2H3. The third-order valence-electron chi connectivity index (χ3n) is 14.5. The molecule has 0 radical (unpaired) electrons. The first kappa shape index (κ1) is 35.4. The smallest absolute Gasteiger partial charge is 0.160 e. The van der Waals surface area contributed by atoms with Crippen LogP contribution in [0.15, 0.2) is 194 Å². The number of para-hydroxylation sites is 3. The van der Waals surface area contributed by atoms with Crippen LogP contribution in [0, 0.1) is 0 Å². The zero-order valence-electron chi connectivity index (χ0n) is 34.8. The quantitative estimate of drug-likeness (QED) is 0.174. The summed E-state index contributed by atoms with van der Waals surface area (Å²) in [5.74, 6) is 0.913. The summed E-state index contributed by atoms with van der Waals surface area (Å²) in [6, 6.07) is 71.9. The molecule has 2 aliphatic carbocycles. The lowest BCUT2D eigenvalue weighted by atomic mass is 9.61. The highest BCUT2D eigenvalue weighted by molar-refractivity contribution is 6.13. The molecule has 0 saturated carbocycles. The third-order valence-corrected chi connectivity index (χ3v) is 14.5. The molecule has 2 unspecified atom stereocenters. The van der Waals surface area contributed by atoms with Crippen LogP contribution in [0.25, 0.3) is 61.3 Å². The minimum Gasteiger partial charge on any atom is -0.309 e. The number of aryl methyl sites for hydroxylation is 1.